The van der Waals surface area contributed by atoms with Crippen molar-refractivity contribution >= 4 is 17.0 Å². The monoisotopic (exact) mass is 294 g/mol. The lowest BCUT2D eigenvalue weighted by Crippen LogP contribution is -2.02. The third-order valence-electron chi connectivity index (χ3n) is 3.36. The summed E-state index contributed by atoms with van der Waals surface area (Å²) in [5.74, 6) is -0.0322. The number of hydrogen-bond acceptors (Lipinski definition) is 4. The molecule has 0 aliphatic carbocycles. The minimum absolute atomic E-state index is 0.239. The van der Waals surface area contributed by atoms with E-state index in [-0.39, 0.29) is 11.8 Å². The van der Waals surface area contributed by atoms with Crippen LogP contribution in [0.25, 0.3) is 22.3 Å². The number of hydrogen-bond donors (Lipinski definition) is 1. The van der Waals surface area contributed by atoms with Gasteiger partial charge in [-0.05, 0) is 49.2 Å². The zero-order valence-electron chi connectivity index (χ0n) is 12.0. The molecule has 22 heavy (non-hydrogen) atoms. The van der Waals surface area contributed by atoms with Gasteiger partial charge in [0.2, 0.25) is 5.95 Å². The van der Waals surface area contributed by atoms with E-state index in [1.807, 2.05) is 18.2 Å². The van der Waals surface area contributed by atoms with E-state index >= 15 is 0 Å². The molecule has 0 amide bonds. The Morgan fingerprint density at radius 2 is 1.82 bits per heavy atom. The highest BCUT2D eigenvalue weighted by atomic mass is 19.1. The van der Waals surface area contributed by atoms with Gasteiger partial charge in [0.25, 0.3) is 0 Å². The summed E-state index contributed by atoms with van der Waals surface area (Å²) in [6, 6.07) is 9.94. The number of allylic oxidation sites excluding steroid dienone is 1. The van der Waals surface area contributed by atoms with Crippen LogP contribution in [0.3, 0.4) is 0 Å². The molecule has 2 heterocycles. The SMILES string of the molecule is C=CCCc1nc(N)nc2ccc(-c3ccc(F)cc3)nc12. The van der Waals surface area contributed by atoms with Gasteiger partial charge in [0.1, 0.15) is 11.3 Å². The molecule has 4 nitrogen and oxygen atoms in total. The summed E-state index contributed by atoms with van der Waals surface area (Å²) in [5.41, 5.74) is 9.56. The molecule has 0 saturated heterocycles. The molecule has 0 aliphatic rings. The van der Waals surface area contributed by atoms with E-state index in [0.717, 1.165) is 28.9 Å². The third kappa shape index (κ3) is 2.79. The molecule has 2 N–H and O–H groups in total. The number of benzene rings is 1. The van der Waals surface area contributed by atoms with Gasteiger partial charge in [-0.15, -0.1) is 6.58 Å². The first kappa shape index (κ1) is 14.1. The average Bonchev–Trinajstić information content (AvgIpc) is 2.53. The topological polar surface area (TPSA) is 64.7 Å². The van der Waals surface area contributed by atoms with Crippen molar-refractivity contribution in [2.45, 2.75) is 12.8 Å². The highest BCUT2D eigenvalue weighted by molar-refractivity contribution is 5.80. The zero-order valence-corrected chi connectivity index (χ0v) is 12.0. The van der Waals surface area contributed by atoms with Crippen LogP contribution in [0.4, 0.5) is 10.3 Å². The van der Waals surface area contributed by atoms with Crippen LogP contribution in [0.2, 0.25) is 0 Å². The van der Waals surface area contributed by atoms with Crippen molar-refractivity contribution in [3.05, 3.63) is 60.6 Å². The first-order valence-corrected chi connectivity index (χ1v) is 6.97. The normalized spacial score (nSPS) is 10.8. The van der Waals surface area contributed by atoms with E-state index in [1.54, 1.807) is 12.1 Å². The lowest BCUT2D eigenvalue weighted by Gasteiger charge is -2.07. The lowest BCUT2D eigenvalue weighted by molar-refractivity contribution is 0.628. The van der Waals surface area contributed by atoms with E-state index < -0.39 is 0 Å². The fraction of sp³-hybridized carbons (Fsp3) is 0.118. The van der Waals surface area contributed by atoms with Crippen molar-refractivity contribution in [2.24, 2.45) is 0 Å². The molecule has 2 aromatic heterocycles. The van der Waals surface area contributed by atoms with E-state index in [2.05, 4.69) is 21.5 Å². The molecule has 0 fully saturated rings. The van der Waals surface area contributed by atoms with Gasteiger partial charge >= 0.3 is 0 Å². The van der Waals surface area contributed by atoms with Crippen LogP contribution in [0.15, 0.2) is 49.1 Å². The number of pyridine rings is 1. The van der Waals surface area contributed by atoms with Crippen LogP contribution < -0.4 is 5.73 Å². The van der Waals surface area contributed by atoms with E-state index in [1.165, 1.54) is 12.1 Å². The van der Waals surface area contributed by atoms with E-state index in [9.17, 15) is 4.39 Å². The molecule has 1 aromatic carbocycles. The van der Waals surface area contributed by atoms with Gasteiger partial charge in [0, 0.05) is 5.56 Å². The van der Waals surface area contributed by atoms with Crippen molar-refractivity contribution in [1.82, 2.24) is 15.0 Å². The van der Waals surface area contributed by atoms with Gasteiger partial charge in [-0.1, -0.05) is 6.08 Å². The van der Waals surface area contributed by atoms with Crippen LogP contribution in [0.1, 0.15) is 12.1 Å². The number of aryl methyl sites for hydroxylation is 1. The quantitative estimate of drug-likeness (QED) is 0.748. The van der Waals surface area contributed by atoms with Crippen molar-refractivity contribution in [2.75, 3.05) is 5.73 Å². The Bertz CT molecular complexity index is 828. The molecular formula is C17H15FN4. The maximum absolute atomic E-state index is 13.0. The molecule has 0 bridgehead atoms. The minimum atomic E-state index is -0.271. The molecular weight excluding hydrogens is 279 g/mol. The molecule has 110 valence electrons. The Hall–Kier alpha value is -2.82. The van der Waals surface area contributed by atoms with Crippen LogP contribution >= 0.6 is 0 Å². The lowest BCUT2D eigenvalue weighted by atomic mass is 10.1. The number of anilines is 1. The highest BCUT2D eigenvalue weighted by Gasteiger charge is 2.09. The van der Waals surface area contributed by atoms with Gasteiger partial charge in [-0.25, -0.2) is 19.3 Å². The summed E-state index contributed by atoms with van der Waals surface area (Å²) in [6.45, 7) is 3.72. The molecule has 3 rings (SSSR count). The van der Waals surface area contributed by atoms with Crippen molar-refractivity contribution in [1.29, 1.82) is 0 Å². The molecule has 0 atom stereocenters. The number of rotatable bonds is 4. The molecule has 3 aromatic rings. The third-order valence-corrected chi connectivity index (χ3v) is 3.36. The number of nitrogens with zero attached hydrogens (tertiary/aromatic N) is 3. The molecule has 0 aliphatic heterocycles. The van der Waals surface area contributed by atoms with Crippen LogP contribution in [-0.2, 0) is 6.42 Å². The fourth-order valence-electron chi connectivity index (χ4n) is 2.29. The maximum atomic E-state index is 13.0. The predicted octanol–water partition coefficient (Wildman–Crippen LogP) is 3.53. The fourth-order valence-corrected chi connectivity index (χ4v) is 2.29. The number of nitrogens with two attached hydrogens (primary N) is 1. The summed E-state index contributed by atoms with van der Waals surface area (Å²) >= 11 is 0. The second-order valence-electron chi connectivity index (χ2n) is 4.93. The maximum Gasteiger partial charge on any atom is 0.220 e. The summed E-state index contributed by atoms with van der Waals surface area (Å²) in [6.07, 6.45) is 3.31. The zero-order chi connectivity index (χ0) is 15.5. The molecule has 0 saturated carbocycles. The second kappa shape index (κ2) is 5.89. The van der Waals surface area contributed by atoms with E-state index in [0.29, 0.717) is 11.9 Å². The number of nitrogen functional groups attached to an aromatic ring is 1. The van der Waals surface area contributed by atoms with Gasteiger partial charge in [0.15, 0.2) is 0 Å². The predicted molar refractivity (Wildman–Crippen MR) is 85.7 cm³/mol. The second-order valence-corrected chi connectivity index (χ2v) is 4.93. The largest absolute Gasteiger partial charge is 0.368 e. The number of halogens is 1. The van der Waals surface area contributed by atoms with Crippen molar-refractivity contribution in [3.63, 3.8) is 0 Å². The van der Waals surface area contributed by atoms with Crippen LogP contribution in [-0.4, -0.2) is 15.0 Å². The van der Waals surface area contributed by atoms with Crippen molar-refractivity contribution < 1.29 is 4.39 Å². The van der Waals surface area contributed by atoms with Crippen molar-refractivity contribution in [3.8, 4) is 11.3 Å². The smallest absolute Gasteiger partial charge is 0.220 e. The molecule has 0 unspecified atom stereocenters. The molecule has 5 heteroatoms. The van der Waals surface area contributed by atoms with Gasteiger partial charge in [-0.3, -0.25) is 0 Å². The van der Waals surface area contributed by atoms with Crippen LogP contribution in [0, 0.1) is 5.82 Å². The highest BCUT2D eigenvalue weighted by Crippen LogP contribution is 2.23. The summed E-state index contributed by atoms with van der Waals surface area (Å²) in [7, 11) is 0. The summed E-state index contributed by atoms with van der Waals surface area (Å²) in [5, 5.41) is 0. The van der Waals surface area contributed by atoms with Crippen LogP contribution in [0.5, 0.6) is 0 Å². The van der Waals surface area contributed by atoms with Gasteiger partial charge in [0.05, 0.1) is 16.9 Å². The number of aromatic nitrogens is 3. The first-order chi connectivity index (χ1) is 10.7. The minimum Gasteiger partial charge on any atom is -0.368 e. The first-order valence-electron chi connectivity index (χ1n) is 6.97. The Morgan fingerprint density at radius 1 is 1.05 bits per heavy atom. The Morgan fingerprint density at radius 3 is 2.55 bits per heavy atom. The number of fused-ring (bicyclic) bond motifs is 1. The standard InChI is InChI=1S/C17H15FN4/c1-2-3-4-14-16-15(22-17(19)21-14)10-9-13(20-16)11-5-7-12(18)8-6-11/h2,5-10H,1,3-4H2,(H2,19,21,22). The van der Waals surface area contributed by atoms with Gasteiger partial charge in [-0.2, -0.15) is 0 Å². The summed E-state index contributed by atoms with van der Waals surface area (Å²) < 4.78 is 13.0. The van der Waals surface area contributed by atoms with E-state index in [4.69, 9.17) is 5.73 Å². The van der Waals surface area contributed by atoms with Gasteiger partial charge < -0.3 is 5.73 Å². The molecule has 0 spiro atoms. The Kier molecular flexibility index (Phi) is 3.78. The average molecular weight is 294 g/mol. The summed E-state index contributed by atoms with van der Waals surface area (Å²) in [4.78, 5) is 13.1. The Balaban J connectivity index is 2.12. The Labute approximate surface area is 127 Å². The molecule has 0 radical (unpaired) electrons.